The van der Waals surface area contributed by atoms with Gasteiger partial charge in [-0.25, -0.2) is 13.1 Å². The maximum Gasteiger partial charge on any atom is 0.251 e. The summed E-state index contributed by atoms with van der Waals surface area (Å²) < 4.78 is 28.5. The van der Waals surface area contributed by atoms with E-state index in [0.29, 0.717) is 11.1 Å². The Balaban J connectivity index is 1.39. The lowest BCUT2D eigenvalue weighted by molar-refractivity contribution is -0.121. The monoisotopic (exact) mass is 483 g/mol. The molecular weight excluding hydrogens is 450 g/mol. The van der Waals surface area contributed by atoms with Crippen molar-refractivity contribution in [3.63, 3.8) is 0 Å². The van der Waals surface area contributed by atoms with Crippen molar-refractivity contribution in [1.82, 2.24) is 10.0 Å². The summed E-state index contributed by atoms with van der Waals surface area (Å²) in [5, 5.41) is 3.11. The van der Waals surface area contributed by atoms with Crippen LogP contribution in [0.15, 0.2) is 47.4 Å². The summed E-state index contributed by atoms with van der Waals surface area (Å²) >= 11 is 0. The lowest BCUT2D eigenvalue weighted by Crippen LogP contribution is -2.37. The predicted octanol–water partition coefficient (Wildman–Crippen LogP) is 3.73. The number of rotatable bonds is 6. The van der Waals surface area contributed by atoms with Gasteiger partial charge in [-0.15, -0.1) is 0 Å². The van der Waals surface area contributed by atoms with E-state index in [1.165, 1.54) is 6.07 Å². The van der Waals surface area contributed by atoms with Crippen molar-refractivity contribution in [2.24, 2.45) is 5.92 Å². The van der Waals surface area contributed by atoms with E-state index in [-0.39, 0.29) is 29.3 Å². The van der Waals surface area contributed by atoms with Crippen LogP contribution >= 0.6 is 0 Å². The minimum absolute atomic E-state index is 0.0628. The molecule has 1 aliphatic carbocycles. The highest BCUT2D eigenvalue weighted by Gasteiger charge is 2.42. The van der Waals surface area contributed by atoms with Crippen molar-refractivity contribution in [2.45, 2.75) is 69.4 Å². The van der Waals surface area contributed by atoms with Crippen LogP contribution in [0.25, 0.3) is 0 Å². The zero-order chi connectivity index (χ0) is 24.7. The lowest BCUT2D eigenvalue weighted by atomic mass is 9.86. The molecule has 182 valence electrons. The summed E-state index contributed by atoms with van der Waals surface area (Å²) in [5.74, 6) is 0.572. The molecule has 0 radical (unpaired) electrons. The molecule has 1 fully saturated rings. The van der Waals surface area contributed by atoms with E-state index < -0.39 is 15.4 Å². The zero-order valence-electron chi connectivity index (χ0n) is 20.2. The Morgan fingerprint density at radius 1 is 1.06 bits per heavy atom. The predicted molar refractivity (Wildman–Crippen MR) is 132 cm³/mol. The number of sulfonamides is 1. The molecule has 0 saturated heterocycles. The second-order valence-corrected chi connectivity index (χ2v) is 11.9. The summed E-state index contributed by atoms with van der Waals surface area (Å²) in [7, 11) is -2.08. The minimum atomic E-state index is -3.77. The first-order valence-corrected chi connectivity index (χ1v) is 13.3. The molecule has 1 heterocycles. The van der Waals surface area contributed by atoms with E-state index in [4.69, 9.17) is 0 Å². The van der Waals surface area contributed by atoms with Crippen molar-refractivity contribution in [2.75, 3.05) is 11.9 Å². The highest BCUT2D eigenvalue weighted by atomic mass is 32.2. The van der Waals surface area contributed by atoms with Crippen molar-refractivity contribution < 1.29 is 18.0 Å². The maximum atomic E-state index is 12.9. The Bertz CT molecular complexity index is 1200. The number of fused-ring (bicyclic) bond motifs is 1. The number of amides is 2. The van der Waals surface area contributed by atoms with E-state index in [1.807, 2.05) is 0 Å². The van der Waals surface area contributed by atoms with E-state index in [2.05, 4.69) is 17.0 Å². The van der Waals surface area contributed by atoms with Crippen LogP contribution in [-0.4, -0.2) is 33.3 Å². The second kappa shape index (κ2) is 9.15. The number of carbonyl (C=O) groups excluding carboxylic acids is 2. The smallest absolute Gasteiger partial charge is 0.251 e. The first-order valence-electron chi connectivity index (χ1n) is 11.8. The number of nitrogens with one attached hydrogen (secondary N) is 2. The van der Waals surface area contributed by atoms with Crippen molar-refractivity contribution in [3.8, 4) is 0 Å². The standard InChI is InChI=1S/C26H33N3O4S/c1-17-5-11-20(12-6-17)28-24(30)19-9-7-18(8-10-19)16-27-34(32,33)21-13-14-23-22(15-21)26(2,3)25(31)29(23)4/h7-10,13-15,17,20,27H,5-6,11-12,16H2,1-4H3,(H,28,30). The van der Waals surface area contributed by atoms with E-state index >= 15 is 0 Å². The molecular formula is C26H33N3O4S. The molecule has 4 rings (SSSR count). The van der Waals surface area contributed by atoms with Crippen LogP contribution < -0.4 is 14.9 Å². The van der Waals surface area contributed by atoms with Gasteiger partial charge in [-0.2, -0.15) is 0 Å². The third kappa shape index (κ3) is 4.74. The Hall–Kier alpha value is -2.71. The molecule has 2 aliphatic rings. The molecule has 0 atom stereocenters. The molecule has 2 aromatic carbocycles. The summed E-state index contributed by atoms with van der Waals surface area (Å²) in [5.41, 5.74) is 1.97. The number of likely N-dealkylation sites (N-methyl/N-ethyl adjacent to an activating group) is 1. The van der Waals surface area contributed by atoms with Gasteiger partial charge in [-0.3, -0.25) is 9.59 Å². The van der Waals surface area contributed by atoms with Crippen LogP contribution in [-0.2, 0) is 26.8 Å². The number of anilines is 1. The quantitative estimate of drug-likeness (QED) is 0.655. The molecule has 0 aromatic heterocycles. The molecule has 2 N–H and O–H groups in total. The van der Waals surface area contributed by atoms with Gasteiger partial charge in [0, 0.05) is 30.9 Å². The number of nitrogens with zero attached hydrogens (tertiary/aromatic N) is 1. The highest BCUT2D eigenvalue weighted by molar-refractivity contribution is 7.89. The highest BCUT2D eigenvalue weighted by Crippen LogP contribution is 2.41. The van der Waals surface area contributed by atoms with Crippen LogP contribution in [0.5, 0.6) is 0 Å². The van der Waals surface area contributed by atoms with E-state index in [1.54, 1.807) is 62.2 Å². The third-order valence-corrected chi connectivity index (χ3v) is 8.58. The van der Waals surface area contributed by atoms with Gasteiger partial charge in [0.25, 0.3) is 5.91 Å². The van der Waals surface area contributed by atoms with E-state index in [0.717, 1.165) is 42.9 Å². The van der Waals surface area contributed by atoms with Crippen molar-refractivity contribution in [1.29, 1.82) is 0 Å². The Morgan fingerprint density at radius 3 is 2.35 bits per heavy atom. The Morgan fingerprint density at radius 2 is 1.71 bits per heavy atom. The number of hydrogen-bond donors (Lipinski definition) is 2. The Labute approximate surface area is 202 Å². The van der Waals surface area contributed by atoms with Crippen LogP contribution in [0.2, 0.25) is 0 Å². The van der Waals surface area contributed by atoms with Gasteiger partial charge in [-0.1, -0.05) is 19.1 Å². The van der Waals surface area contributed by atoms with Gasteiger partial charge in [0.2, 0.25) is 15.9 Å². The maximum absolute atomic E-state index is 12.9. The van der Waals surface area contributed by atoms with Gasteiger partial charge >= 0.3 is 0 Å². The minimum Gasteiger partial charge on any atom is -0.349 e. The number of carbonyl (C=O) groups is 2. The largest absolute Gasteiger partial charge is 0.349 e. The topological polar surface area (TPSA) is 95.6 Å². The molecule has 0 bridgehead atoms. The molecule has 1 aliphatic heterocycles. The molecule has 8 heteroatoms. The average molecular weight is 484 g/mol. The van der Waals surface area contributed by atoms with Gasteiger partial charge in [0.15, 0.2) is 0 Å². The summed E-state index contributed by atoms with van der Waals surface area (Å²) in [6, 6.07) is 12.0. The summed E-state index contributed by atoms with van der Waals surface area (Å²) in [6.07, 6.45) is 4.30. The molecule has 1 saturated carbocycles. The molecule has 34 heavy (non-hydrogen) atoms. The molecule has 7 nitrogen and oxygen atoms in total. The fraction of sp³-hybridized carbons (Fsp3) is 0.462. The van der Waals surface area contributed by atoms with Gasteiger partial charge in [0.1, 0.15) is 0 Å². The number of benzene rings is 2. The van der Waals surface area contributed by atoms with Crippen molar-refractivity contribution >= 4 is 27.5 Å². The van der Waals surface area contributed by atoms with Crippen LogP contribution in [0.1, 0.15) is 67.9 Å². The van der Waals surface area contributed by atoms with Crippen molar-refractivity contribution in [3.05, 3.63) is 59.2 Å². The number of hydrogen-bond acceptors (Lipinski definition) is 4. The summed E-state index contributed by atoms with van der Waals surface area (Å²) in [6.45, 7) is 5.95. The second-order valence-electron chi connectivity index (χ2n) is 10.1. The third-order valence-electron chi connectivity index (χ3n) is 7.19. The Kier molecular flexibility index (Phi) is 6.57. The average Bonchev–Trinajstić information content (AvgIpc) is 2.99. The molecule has 2 amide bonds. The first-order chi connectivity index (χ1) is 16.0. The van der Waals surface area contributed by atoms with Crippen LogP contribution in [0, 0.1) is 5.92 Å². The fourth-order valence-corrected chi connectivity index (χ4v) is 5.87. The van der Waals surface area contributed by atoms with Gasteiger partial charge < -0.3 is 10.2 Å². The first kappa shape index (κ1) is 24.4. The lowest BCUT2D eigenvalue weighted by Gasteiger charge is -2.26. The normalized spacial score (nSPS) is 21.9. The summed E-state index contributed by atoms with van der Waals surface area (Å²) in [4.78, 5) is 26.7. The van der Waals surface area contributed by atoms with Gasteiger partial charge in [0.05, 0.1) is 10.3 Å². The molecule has 0 unspecified atom stereocenters. The van der Waals surface area contributed by atoms with Crippen LogP contribution in [0.4, 0.5) is 5.69 Å². The molecule has 2 aromatic rings. The van der Waals surface area contributed by atoms with Gasteiger partial charge in [-0.05, 0) is 86.9 Å². The van der Waals surface area contributed by atoms with E-state index in [9.17, 15) is 18.0 Å². The zero-order valence-corrected chi connectivity index (χ0v) is 21.0. The SMILES string of the molecule is CC1CCC(NC(=O)c2ccc(CNS(=O)(=O)c3ccc4c(c3)C(C)(C)C(=O)N4C)cc2)CC1. The fourth-order valence-electron chi connectivity index (χ4n) is 4.83. The van der Waals surface area contributed by atoms with Crippen LogP contribution in [0.3, 0.4) is 0 Å². The molecule has 0 spiro atoms.